The molecule has 1 unspecified atom stereocenters. The maximum atomic E-state index is 12.9. The molecule has 4 rings (SSSR count). The molecule has 3 aromatic carbocycles. The first kappa shape index (κ1) is 22.0. The lowest BCUT2D eigenvalue weighted by atomic mass is 10.2. The van der Waals surface area contributed by atoms with E-state index in [4.69, 9.17) is 4.74 Å². The fraction of sp³-hybridized carbons (Fsp3) is 0.240. The Morgan fingerprint density at radius 2 is 1.66 bits per heavy atom. The number of benzene rings is 3. The van der Waals surface area contributed by atoms with Crippen LogP contribution in [-0.4, -0.2) is 35.8 Å². The summed E-state index contributed by atoms with van der Waals surface area (Å²) >= 11 is 0. The van der Waals surface area contributed by atoms with E-state index < -0.39 is 15.9 Å². The van der Waals surface area contributed by atoms with Crippen LogP contribution in [-0.2, 0) is 28.6 Å². The number of aryl methyl sites for hydroxylation is 1. The molecule has 7 heteroatoms. The number of hydrogen-bond donors (Lipinski definition) is 1. The first-order valence-corrected chi connectivity index (χ1v) is 12.2. The Morgan fingerprint density at radius 3 is 2.38 bits per heavy atom. The largest absolute Gasteiger partial charge is 0.491 e. The van der Waals surface area contributed by atoms with Gasteiger partial charge < -0.3 is 14.4 Å². The molecule has 0 aliphatic carbocycles. The van der Waals surface area contributed by atoms with E-state index >= 15 is 0 Å². The molecule has 0 bridgehead atoms. The molecule has 1 atom stereocenters. The van der Waals surface area contributed by atoms with Crippen LogP contribution >= 0.6 is 0 Å². The minimum Gasteiger partial charge on any atom is -0.491 e. The summed E-state index contributed by atoms with van der Waals surface area (Å²) in [4.78, 5) is 4.79. The standard InChI is InChI=1S/C25H26N2O4S/c1-2-19-12-14-21(15-13-19)31-17-20(28)16-27-24-11-7-6-10-23(24)26-25(27)18-32(29,30)22-8-4-3-5-9-22/h3-15,20,28H,2,16-18H2,1H3. The van der Waals surface area contributed by atoms with Gasteiger partial charge >= 0.3 is 0 Å². The lowest BCUT2D eigenvalue weighted by molar-refractivity contribution is 0.0928. The van der Waals surface area contributed by atoms with Crippen LogP contribution in [0.2, 0.25) is 0 Å². The Kier molecular flexibility index (Phi) is 6.58. The maximum Gasteiger partial charge on any atom is 0.185 e. The highest BCUT2D eigenvalue weighted by Gasteiger charge is 2.22. The minimum atomic E-state index is -3.58. The normalized spacial score (nSPS) is 12.7. The van der Waals surface area contributed by atoms with Crippen molar-refractivity contribution in [2.24, 2.45) is 0 Å². The van der Waals surface area contributed by atoms with Gasteiger partial charge in [0.05, 0.1) is 22.5 Å². The van der Waals surface area contributed by atoms with Gasteiger partial charge in [0.15, 0.2) is 9.84 Å². The van der Waals surface area contributed by atoms with E-state index in [2.05, 4.69) is 11.9 Å². The molecule has 4 aromatic rings. The summed E-state index contributed by atoms with van der Waals surface area (Å²) in [7, 11) is -3.58. The SMILES string of the molecule is CCc1ccc(OCC(O)Cn2c(CS(=O)(=O)c3ccccc3)nc3ccccc32)cc1. The van der Waals surface area contributed by atoms with Crippen molar-refractivity contribution in [1.82, 2.24) is 9.55 Å². The molecular formula is C25H26N2O4S. The van der Waals surface area contributed by atoms with E-state index in [9.17, 15) is 13.5 Å². The van der Waals surface area contributed by atoms with E-state index in [0.717, 1.165) is 11.9 Å². The van der Waals surface area contributed by atoms with Crippen molar-refractivity contribution in [2.45, 2.75) is 36.6 Å². The number of fused-ring (bicyclic) bond motifs is 1. The second-order valence-electron chi connectivity index (χ2n) is 7.66. The summed E-state index contributed by atoms with van der Waals surface area (Å²) < 4.78 is 33.4. The molecule has 0 fully saturated rings. The maximum absolute atomic E-state index is 12.9. The van der Waals surface area contributed by atoms with Gasteiger partial charge in [-0.2, -0.15) is 0 Å². The summed E-state index contributed by atoms with van der Waals surface area (Å²) in [5.41, 5.74) is 2.68. The van der Waals surface area contributed by atoms with Crippen LogP contribution in [0.3, 0.4) is 0 Å². The van der Waals surface area contributed by atoms with Crippen LogP contribution in [0.15, 0.2) is 83.8 Å². The summed E-state index contributed by atoms with van der Waals surface area (Å²) in [5.74, 6) is 0.822. The third-order valence-electron chi connectivity index (χ3n) is 5.32. The monoisotopic (exact) mass is 450 g/mol. The summed E-state index contributed by atoms with van der Waals surface area (Å²) in [6.45, 7) is 2.35. The number of ether oxygens (including phenoxy) is 1. The van der Waals surface area contributed by atoms with Gasteiger partial charge in [-0.05, 0) is 48.4 Å². The van der Waals surface area contributed by atoms with Crippen LogP contribution in [0.5, 0.6) is 5.75 Å². The number of rotatable bonds is 9. The third kappa shape index (κ3) is 5.00. The average molecular weight is 451 g/mol. The zero-order valence-electron chi connectivity index (χ0n) is 17.9. The number of imidazole rings is 1. The Bertz CT molecular complexity index is 1280. The smallest absolute Gasteiger partial charge is 0.185 e. The molecule has 32 heavy (non-hydrogen) atoms. The fourth-order valence-electron chi connectivity index (χ4n) is 3.60. The van der Waals surface area contributed by atoms with E-state index in [1.807, 2.05) is 48.5 Å². The molecule has 0 saturated carbocycles. The number of sulfone groups is 1. The molecule has 0 spiro atoms. The van der Waals surface area contributed by atoms with Gasteiger partial charge in [-0.25, -0.2) is 13.4 Å². The number of aromatic nitrogens is 2. The van der Waals surface area contributed by atoms with Gasteiger partial charge in [-0.15, -0.1) is 0 Å². The van der Waals surface area contributed by atoms with Crippen LogP contribution < -0.4 is 4.74 Å². The minimum absolute atomic E-state index is 0.0862. The van der Waals surface area contributed by atoms with Crippen molar-refractivity contribution in [3.8, 4) is 5.75 Å². The van der Waals surface area contributed by atoms with Gasteiger partial charge in [-0.3, -0.25) is 0 Å². The van der Waals surface area contributed by atoms with E-state index in [-0.39, 0.29) is 23.8 Å². The first-order chi connectivity index (χ1) is 15.5. The topological polar surface area (TPSA) is 81.4 Å². The van der Waals surface area contributed by atoms with Crippen molar-refractivity contribution < 1.29 is 18.3 Å². The Hall–Kier alpha value is -3.16. The average Bonchev–Trinajstić information content (AvgIpc) is 3.14. The highest BCUT2D eigenvalue weighted by molar-refractivity contribution is 7.90. The van der Waals surface area contributed by atoms with Crippen molar-refractivity contribution in [2.75, 3.05) is 6.61 Å². The molecule has 6 nitrogen and oxygen atoms in total. The van der Waals surface area contributed by atoms with Crippen LogP contribution in [0.25, 0.3) is 11.0 Å². The lowest BCUT2D eigenvalue weighted by Gasteiger charge is -2.16. The summed E-state index contributed by atoms with van der Waals surface area (Å²) in [5, 5.41) is 10.7. The first-order valence-electron chi connectivity index (χ1n) is 10.6. The number of hydrogen-bond acceptors (Lipinski definition) is 5. The molecule has 1 aromatic heterocycles. The third-order valence-corrected chi connectivity index (χ3v) is 6.95. The molecular weight excluding hydrogens is 424 g/mol. The van der Waals surface area contributed by atoms with Crippen LogP contribution in [0, 0.1) is 0 Å². The number of para-hydroxylation sites is 2. The van der Waals surface area contributed by atoms with Crippen LogP contribution in [0.1, 0.15) is 18.3 Å². The number of nitrogens with zero attached hydrogens (tertiary/aromatic N) is 2. The molecule has 166 valence electrons. The van der Waals surface area contributed by atoms with E-state index in [0.29, 0.717) is 17.1 Å². The number of aliphatic hydroxyl groups is 1. The van der Waals surface area contributed by atoms with E-state index in [1.165, 1.54) is 5.56 Å². The lowest BCUT2D eigenvalue weighted by Crippen LogP contribution is -2.25. The fourth-order valence-corrected chi connectivity index (χ4v) is 4.90. The molecule has 0 aliphatic rings. The van der Waals surface area contributed by atoms with Crippen molar-refractivity contribution >= 4 is 20.9 Å². The van der Waals surface area contributed by atoms with Gasteiger partial charge in [0.2, 0.25) is 0 Å². The Labute approximate surface area is 188 Å². The predicted octanol–water partition coefficient (Wildman–Crippen LogP) is 4.01. The molecule has 0 amide bonds. The summed E-state index contributed by atoms with van der Waals surface area (Å²) in [6, 6.07) is 23.5. The predicted molar refractivity (Wildman–Crippen MR) is 124 cm³/mol. The van der Waals surface area contributed by atoms with Gasteiger partial charge in [0.25, 0.3) is 0 Å². The zero-order valence-corrected chi connectivity index (χ0v) is 18.7. The molecule has 1 heterocycles. The molecule has 0 saturated heterocycles. The van der Waals surface area contributed by atoms with Crippen molar-refractivity contribution in [3.05, 3.63) is 90.3 Å². The zero-order chi connectivity index (χ0) is 22.6. The van der Waals surface area contributed by atoms with Crippen molar-refractivity contribution in [3.63, 3.8) is 0 Å². The Balaban J connectivity index is 1.54. The Morgan fingerprint density at radius 1 is 0.969 bits per heavy atom. The molecule has 0 aliphatic heterocycles. The van der Waals surface area contributed by atoms with E-state index in [1.54, 1.807) is 34.9 Å². The van der Waals surface area contributed by atoms with Crippen LogP contribution in [0.4, 0.5) is 0 Å². The quantitative estimate of drug-likeness (QED) is 0.417. The molecule has 0 radical (unpaired) electrons. The van der Waals surface area contributed by atoms with Gasteiger partial charge in [0, 0.05) is 0 Å². The summed E-state index contributed by atoms with van der Waals surface area (Å²) in [6.07, 6.45) is 0.113. The molecule has 1 N–H and O–H groups in total. The second-order valence-corrected chi connectivity index (χ2v) is 9.65. The number of aliphatic hydroxyl groups excluding tert-OH is 1. The van der Waals surface area contributed by atoms with Gasteiger partial charge in [0.1, 0.15) is 30.0 Å². The highest BCUT2D eigenvalue weighted by atomic mass is 32.2. The second kappa shape index (κ2) is 9.54. The van der Waals surface area contributed by atoms with Gasteiger partial charge in [-0.1, -0.05) is 49.4 Å². The highest BCUT2D eigenvalue weighted by Crippen LogP contribution is 2.22. The van der Waals surface area contributed by atoms with Crippen molar-refractivity contribution in [1.29, 1.82) is 0 Å².